The Labute approximate surface area is 89.0 Å². The van der Waals surface area contributed by atoms with E-state index in [1.807, 2.05) is 18.5 Å². The monoisotopic (exact) mass is 205 g/mol. The standard InChI is InChI=1S/C11H15N3O/c1-8-12-13-11(14(8)2)9-5-3-4-6-10(15)7-9/h7H,3-6H2,1-2H3. The summed E-state index contributed by atoms with van der Waals surface area (Å²) in [6, 6.07) is 0. The van der Waals surface area contributed by atoms with Crippen molar-refractivity contribution in [1.82, 2.24) is 14.8 Å². The SMILES string of the molecule is Cc1nnc(C2=CC(=O)CCCC2)n1C. The van der Waals surface area contributed by atoms with E-state index >= 15 is 0 Å². The second kappa shape index (κ2) is 3.96. The summed E-state index contributed by atoms with van der Waals surface area (Å²) in [5.41, 5.74) is 1.03. The lowest BCUT2D eigenvalue weighted by molar-refractivity contribution is -0.114. The third-order valence-electron chi connectivity index (χ3n) is 2.83. The fraction of sp³-hybridized carbons (Fsp3) is 0.545. The first-order chi connectivity index (χ1) is 7.18. The van der Waals surface area contributed by atoms with Crippen molar-refractivity contribution < 1.29 is 4.79 Å². The zero-order chi connectivity index (χ0) is 10.8. The molecule has 0 saturated heterocycles. The maximum atomic E-state index is 11.5. The van der Waals surface area contributed by atoms with Gasteiger partial charge in [0.2, 0.25) is 0 Å². The normalized spacial score (nSPS) is 17.5. The molecule has 0 radical (unpaired) electrons. The number of nitrogens with zero attached hydrogens (tertiary/aromatic N) is 3. The number of rotatable bonds is 1. The van der Waals surface area contributed by atoms with E-state index in [0.29, 0.717) is 6.42 Å². The highest BCUT2D eigenvalue weighted by Crippen LogP contribution is 2.23. The molecule has 80 valence electrons. The van der Waals surface area contributed by atoms with Crippen molar-refractivity contribution >= 4 is 11.4 Å². The Hall–Kier alpha value is -1.45. The van der Waals surface area contributed by atoms with Gasteiger partial charge < -0.3 is 4.57 Å². The highest BCUT2D eigenvalue weighted by molar-refractivity contribution is 5.96. The van der Waals surface area contributed by atoms with E-state index in [1.54, 1.807) is 6.08 Å². The van der Waals surface area contributed by atoms with Crippen LogP contribution in [-0.4, -0.2) is 20.5 Å². The fourth-order valence-electron chi connectivity index (χ4n) is 1.82. The van der Waals surface area contributed by atoms with Gasteiger partial charge in [0.15, 0.2) is 11.6 Å². The lowest BCUT2D eigenvalue weighted by Gasteiger charge is -2.03. The molecule has 0 amide bonds. The van der Waals surface area contributed by atoms with E-state index < -0.39 is 0 Å². The van der Waals surface area contributed by atoms with Crippen LogP contribution >= 0.6 is 0 Å². The summed E-state index contributed by atoms with van der Waals surface area (Å²) in [5.74, 6) is 1.92. The van der Waals surface area contributed by atoms with Gasteiger partial charge in [0.25, 0.3) is 0 Å². The number of aryl methyl sites for hydroxylation is 1. The number of ketones is 1. The van der Waals surface area contributed by atoms with Crippen molar-refractivity contribution in [3.63, 3.8) is 0 Å². The molecule has 0 spiro atoms. The molecule has 0 atom stereocenters. The van der Waals surface area contributed by atoms with Gasteiger partial charge in [-0.2, -0.15) is 0 Å². The molecule has 0 N–H and O–H groups in total. The molecule has 0 aliphatic heterocycles. The molecular formula is C11H15N3O. The lowest BCUT2D eigenvalue weighted by atomic mass is 10.1. The summed E-state index contributed by atoms with van der Waals surface area (Å²) in [6.07, 6.45) is 5.37. The predicted octanol–water partition coefficient (Wildman–Crippen LogP) is 1.65. The second-order valence-electron chi connectivity index (χ2n) is 3.97. The van der Waals surface area contributed by atoms with Gasteiger partial charge in [-0.1, -0.05) is 0 Å². The number of hydrogen-bond donors (Lipinski definition) is 0. The average Bonchev–Trinajstić information content (AvgIpc) is 2.42. The van der Waals surface area contributed by atoms with Crippen molar-refractivity contribution in [2.75, 3.05) is 0 Å². The van der Waals surface area contributed by atoms with Crippen LogP contribution in [0, 0.1) is 6.92 Å². The van der Waals surface area contributed by atoms with Gasteiger partial charge in [-0.3, -0.25) is 4.79 Å². The van der Waals surface area contributed by atoms with Gasteiger partial charge in [-0.05, 0) is 32.3 Å². The minimum atomic E-state index is 0.211. The molecule has 4 nitrogen and oxygen atoms in total. The Balaban J connectivity index is 2.37. The Kier molecular flexibility index (Phi) is 2.66. The third kappa shape index (κ3) is 1.98. The van der Waals surface area contributed by atoms with Crippen LogP contribution in [0.1, 0.15) is 37.3 Å². The number of hydrogen-bond acceptors (Lipinski definition) is 3. The molecule has 1 aliphatic carbocycles. The maximum absolute atomic E-state index is 11.5. The van der Waals surface area contributed by atoms with Gasteiger partial charge >= 0.3 is 0 Å². The number of carbonyl (C=O) groups is 1. The molecule has 2 rings (SSSR count). The van der Waals surface area contributed by atoms with Crippen LogP contribution in [0.4, 0.5) is 0 Å². The fourth-order valence-corrected chi connectivity index (χ4v) is 1.82. The Bertz CT molecular complexity index is 417. The molecule has 15 heavy (non-hydrogen) atoms. The Morgan fingerprint density at radius 2 is 2.00 bits per heavy atom. The summed E-state index contributed by atoms with van der Waals surface area (Å²) >= 11 is 0. The molecule has 4 heteroatoms. The first kappa shape index (κ1) is 10.1. The zero-order valence-electron chi connectivity index (χ0n) is 9.16. The van der Waals surface area contributed by atoms with Gasteiger partial charge in [0.1, 0.15) is 5.82 Å². The van der Waals surface area contributed by atoms with Crippen molar-refractivity contribution in [2.45, 2.75) is 32.6 Å². The van der Waals surface area contributed by atoms with Crippen LogP contribution in [0.15, 0.2) is 6.08 Å². The summed E-state index contributed by atoms with van der Waals surface area (Å²) < 4.78 is 1.93. The van der Waals surface area contributed by atoms with Crippen LogP contribution in [0.5, 0.6) is 0 Å². The topological polar surface area (TPSA) is 47.8 Å². The van der Waals surface area contributed by atoms with E-state index in [0.717, 1.165) is 36.5 Å². The van der Waals surface area contributed by atoms with Crippen LogP contribution in [0.3, 0.4) is 0 Å². The average molecular weight is 205 g/mol. The van der Waals surface area contributed by atoms with E-state index in [4.69, 9.17) is 0 Å². The molecule has 0 saturated carbocycles. The van der Waals surface area contributed by atoms with Crippen molar-refractivity contribution in [1.29, 1.82) is 0 Å². The summed E-state index contributed by atoms with van der Waals surface area (Å²) in [5, 5.41) is 8.12. The van der Waals surface area contributed by atoms with Crippen LogP contribution < -0.4 is 0 Å². The molecule has 1 heterocycles. The van der Waals surface area contributed by atoms with Crippen molar-refractivity contribution in [3.8, 4) is 0 Å². The second-order valence-corrected chi connectivity index (χ2v) is 3.97. The number of allylic oxidation sites excluding steroid dienone is 2. The lowest BCUT2D eigenvalue weighted by Crippen LogP contribution is -2.00. The molecular weight excluding hydrogens is 190 g/mol. The molecule has 0 bridgehead atoms. The highest BCUT2D eigenvalue weighted by Gasteiger charge is 2.14. The van der Waals surface area contributed by atoms with Crippen LogP contribution in [0.25, 0.3) is 5.57 Å². The van der Waals surface area contributed by atoms with Gasteiger partial charge in [0, 0.05) is 19.0 Å². The predicted molar refractivity (Wildman–Crippen MR) is 57.2 cm³/mol. The zero-order valence-corrected chi connectivity index (χ0v) is 9.16. The van der Waals surface area contributed by atoms with E-state index in [2.05, 4.69) is 10.2 Å². The first-order valence-electron chi connectivity index (χ1n) is 5.28. The molecule has 0 fully saturated rings. The minimum Gasteiger partial charge on any atom is -0.315 e. The summed E-state index contributed by atoms with van der Waals surface area (Å²) in [6.45, 7) is 1.91. The first-order valence-corrected chi connectivity index (χ1v) is 5.28. The van der Waals surface area contributed by atoms with E-state index in [-0.39, 0.29) is 5.78 Å². The molecule has 1 aliphatic rings. The Morgan fingerprint density at radius 1 is 1.27 bits per heavy atom. The smallest absolute Gasteiger partial charge is 0.159 e. The van der Waals surface area contributed by atoms with E-state index in [9.17, 15) is 4.79 Å². The largest absolute Gasteiger partial charge is 0.315 e. The van der Waals surface area contributed by atoms with Gasteiger partial charge in [-0.25, -0.2) is 0 Å². The van der Waals surface area contributed by atoms with Gasteiger partial charge in [-0.15, -0.1) is 10.2 Å². The molecule has 1 aromatic heterocycles. The summed E-state index contributed by atoms with van der Waals surface area (Å²) in [7, 11) is 1.93. The molecule has 1 aromatic rings. The minimum absolute atomic E-state index is 0.211. The number of carbonyl (C=O) groups excluding carboxylic acids is 1. The molecule has 0 aromatic carbocycles. The Morgan fingerprint density at radius 3 is 2.67 bits per heavy atom. The van der Waals surface area contributed by atoms with Crippen LogP contribution in [-0.2, 0) is 11.8 Å². The third-order valence-corrected chi connectivity index (χ3v) is 2.83. The summed E-state index contributed by atoms with van der Waals surface area (Å²) in [4.78, 5) is 11.5. The maximum Gasteiger partial charge on any atom is 0.159 e. The molecule has 0 unspecified atom stereocenters. The van der Waals surface area contributed by atoms with Crippen molar-refractivity contribution in [2.24, 2.45) is 7.05 Å². The van der Waals surface area contributed by atoms with Crippen molar-refractivity contribution in [3.05, 3.63) is 17.7 Å². The van der Waals surface area contributed by atoms with Crippen LogP contribution in [0.2, 0.25) is 0 Å². The van der Waals surface area contributed by atoms with E-state index in [1.165, 1.54) is 0 Å². The quantitative estimate of drug-likeness (QED) is 0.700. The highest BCUT2D eigenvalue weighted by atomic mass is 16.1. The number of aromatic nitrogens is 3. The van der Waals surface area contributed by atoms with Gasteiger partial charge in [0.05, 0.1) is 0 Å².